The van der Waals surface area contributed by atoms with Gasteiger partial charge in [0.1, 0.15) is 6.04 Å². The van der Waals surface area contributed by atoms with Crippen molar-refractivity contribution >= 4 is 5.97 Å². The highest BCUT2D eigenvalue weighted by atomic mass is 16.4. The summed E-state index contributed by atoms with van der Waals surface area (Å²) in [6, 6.07) is 7.60. The minimum atomic E-state index is -0.787. The molecule has 0 spiro atoms. The molecule has 0 fully saturated rings. The van der Waals surface area contributed by atoms with Crippen molar-refractivity contribution < 1.29 is 9.90 Å². The van der Waals surface area contributed by atoms with Crippen LogP contribution in [0.5, 0.6) is 0 Å². The summed E-state index contributed by atoms with van der Waals surface area (Å²) in [6.07, 6.45) is 0.598. The molecule has 2 N–H and O–H groups in total. The van der Waals surface area contributed by atoms with Gasteiger partial charge in [-0.3, -0.25) is 4.79 Å². The second-order valence-electron chi connectivity index (χ2n) is 3.67. The molecule has 1 aromatic rings. The molecule has 0 amide bonds. The van der Waals surface area contributed by atoms with Gasteiger partial charge in [0.2, 0.25) is 0 Å². The molecular weight excluding hydrogens is 190 g/mol. The second-order valence-corrected chi connectivity index (χ2v) is 3.67. The van der Waals surface area contributed by atoms with Gasteiger partial charge in [0, 0.05) is 6.54 Å². The lowest BCUT2D eigenvalue weighted by Crippen LogP contribution is -2.35. The van der Waals surface area contributed by atoms with E-state index in [2.05, 4.69) is 11.4 Å². The van der Waals surface area contributed by atoms with E-state index in [0.29, 0.717) is 13.0 Å². The van der Waals surface area contributed by atoms with Crippen LogP contribution in [0.4, 0.5) is 0 Å². The van der Waals surface area contributed by atoms with E-state index < -0.39 is 12.0 Å². The number of aryl methyl sites for hydroxylation is 1. The van der Waals surface area contributed by atoms with Crippen LogP contribution in [0.15, 0.2) is 24.3 Å². The van der Waals surface area contributed by atoms with Gasteiger partial charge in [-0.25, -0.2) is 0 Å². The van der Waals surface area contributed by atoms with Crippen LogP contribution in [0, 0.1) is 6.92 Å². The van der Waals surface area contributed by atoms with E-state index >= 15 is 0 Å². The molecule has 0 aromatic heterocycles. The summed E-state index contributed by atoms with van der Waals surface area (Å²) >= 11 is 0. The third-order valence-corrected chi connectivity index (χ3v) is 2.34. The minimum Gasteiger partial charge on any atom is -0.480 e. The number of nitrogens with one attached hydrogen (secondary N) is 1. The quantitative estimate of drug-likeness (QED) is 0.775. The van der Waals surface area contributed by atoms with Gasteiger partial charge in [-0.15, -0.1) is 0 Å². The maximum Gasteiger partial charge on any atom is 0.320 e. The Bertz CT molecular complexity index is 336. The van der Waals surface area contributed by atoms with Crippen molar-refractivity contribution in [3.05, 3.63) is 35.4 Å². The van der Waals surface area contributed by atoms with Crippen LogP contribution in [-0.4, -0.2) is 17.1 Å². The predicted octanol–water partition coefficient (Wildman–Crippen LogP) is 1.95. The molecule has 0 aliphatic heterocycles. The largest absolute Gasteiger partial charge is 0.480 e. The molecule has 1 aromatic carbocycles. The van der Waals surface area contributed by atoms with Gasteiger partial charge in [0.05, 0.1) is 0 Å². The molecule has 0 bridgehead atoms. The average Bonchev–Trinajstić information content (AvgIpc) is 2.18. The van der Waals surface area contributed by atoms with Gasteiger partial charge < -0.3 is 10.4 Å². The van der Waals surface area contributed by atoms with E-state index in [-0.39, 0.29) is 0 Å². The van der Waals surface area contributed by atoms with Gasteiger partial charge in [0.15, 0.2) is 0 Å². The summed E-state index contributed by atoms with van der Waals surface area (Å²) in [5.41, 5.74) is 2.31. The number of carboxylic acids is 1. The molecule has 0 saturated carbocycles. The van der Waals surface area contributed by atoms with Crippen molar-refractivity contribution in [2.75, 3.05) is 0 Å². The van der Waals surface area contributed by atoms with Crippen molar-refractivity contribution in [1.29, 1.82) is 0 Å². The van der Waals surface area contributed by atoms with E-state index in [1.165, 1.54) is 5.56 Å². The number of hydrogen-bond acceptors (Lipinski definition) is 2. The lowest BCUT2D eigenvalue weighted by atomic mass is 10.1. The van der Waals surface area contributed by atoms with E-state index in [1.54, 1.807) is 0 Å². The van der Waals surface area contributed by atoms with E-state index in [1.807, 2.05) is 32.0 Å². The molecule has 15 heavy (non-hydrogen) atoms. The molecule has 0 radical (unpaired) electrons. The van der Waals surface area contributed by atoms with Crippen molar-refractivity contribution in [3.8, 4) is 0 Å². The first kappa shape index (κ1) is 11.7. The molecule has 1 unspecified atom stereocenters. The van der Waals surface area contributed by atoms with Gasteiger partial charge in [-0.2, -0.15) is 0 Å². The average molecular weight is 207 g/mol. The maximum atomic E-state index is 10.8. The smallest absolute Gasteiger partial charge is 0.320 e. The Morgan fingerprint density at radius 2 is 2.27 bits per heavy atom. The molecule has 1 rings (SSSR count). The number of carbonyl (C=O) groups is 1. The monoisotopic (exact) mass is 207 g/mol. The normalized spacial score (nSPS) is 12.4. The summed E-state index contributed by atoms with van der Waals surface area (Å²) in [5.74, 6) is -0.787. The Morgan fingerprint density at radius 3 is 2.80 bits per heavy atom. The summed E-state index contributed by atoms with van der Waals surface area (Å²) in [4.78, 5) is 10.8. The first-order valence-electron chi connectivity index (χ1n) is 5.15. The Hall–Kier alpha value is -1.35. The standard InChI is InChI=1S/C12H17NO2/c1-3-11(12(14)15)13-8-10-6-4-5-9(2)7-10/h4-7,11,13H,3,8H2,1-2H3,(H,14,15). The molecule has 0 heterocycles. The predicted molar refractivity (Wildman–Crippen MR) is 59.7 cm³/mol. The van der Waals surface area contributed by atoms with Crippen LogP contribution in [-0.2, 0) is 11.3 Å². The van der Waals surface area contributed by atoms with Crippen LogP contribution in [0.3, 0.4) is 0 Å². The SMILES string of the molecule is CCC(NCc1cccc(C)c1)C(=O)O. The Kier molecular flexibility index (Phi) is 4.31. The number of hydrogen-bond donors (Lipinski definition) is 2. The number of rotatable bonds is 5. The zero-order chi connectivity index (χ0) is 11.3. The van der Waals surface area contributed by atoms with E-state index in [0.717, 1.165) is 5.56 Å². The van der Waals surface area contributed by atoms with Crippen LogP contribution in [0.1, 0.15) is 24.5 Å². The zero-order valence-corrected chi connectivity index (χ0v) is 9.16. The lowest BCUT2D eigenvalue weighted by molar-refractivity contribution is -0.139. The van der Waals surface area contributed by atoms with E-state index in [9.17, 15) is 4.79 Å². The fourth-order valence-electron chi connectivity index (χ4n) is 1.47. The Balaban J connectivity index is 2.52. The number of aliphatic carboxylic acids is 1. The lowest BCUT2D eigenvalue weighted by Gasteiger charge is -2.12. The summed E-state index contributed by atoms with van der Waals surface area (Å²) in [6.45, 7) is 4.49. The number of benzene rings is 1. The van der Waals surface area contributed by atoms with E-state index in [4.69, 9.17) is 5.11 Å². The van der Waals surface area contributed by atoms with Gasteiger partial charge in [-0.05, 0) is 18.9 Å². The second kappa shape index (κ2) is 5.51. The van der Waals surface area contributed by atoms with Gasteiger partial charge in [-0.1, -0.05) is 36.8 Å². The molecule has 82 valence electrons. The third-order valence-electron chi connectivity index (χ3n) is 2.34. The zero-order valence-electron chi connectivity index (χ0n) is 9.16. The molecule has 0 saturated heterocycles. The first-order valence-corrected chi connectivity index (χ1v) is 5.15. The first-order chi connectivity index (χ1) is 7.13. The minimum absolute atomic E-state index is 0.453. The summed E-state index contributed by atoms with van der Waals surface area (Å²) < 4.78 is 0. The van der Waals surface area contributed by atoms with Crippen molar-refractivity contribution in [2.24, 2.45) is 0 Å². The fraction of sp³-hybridized carbons (Fsp3) is 0.417. The maximum absolute atomic E-state index is 10.8. The summed E-state index contributed by atoms with van der Waals surface area (Å²) in [5, 5.41) is 11.9. The molecular formula is C12H17NO2. The molecule has 0 aliphatic rings. The van der Waals surface area contributed by atoms with Crippen LogP contribution >= 0.6 is 0 Å². The highest BCUT2D eigenvalue weighted by molar-refractivity contribution is 5.73. The van der Waals surface area contributed by atoms with Crippen LogP contribution in [0.2, 0.25) is 0 Å². The van der Waals surface area contributed by atoms with Gasteiger partial charge in [0.25, 0.3) is 0 Å². The van der Waals surface area contributed by atoms with Crippen molar-refractivity contribution in [3.63, 3.8) is 0 Å². The molecule has 3 heteroatoms. The van der Waals surface area contributed by atoms with Crippen LogP contribution in [0.25, 0.3) is 0 Å². The Labute approximate surface area is 90.1 Å². The highest BCUT2D eigenvalue weighted by Crippen LogP contribution is 2.04. The topological polar surface area (TPSA) is 49.3 Å². The number of carboxylic acid groups (broad SMARTS) is 1. The summed E-state index contributed by atoms with van der Waals surface area (Å²) in [7, 11) is 0. The molecule has 1 atom stereocenters. The molecule has 0 aliphatic carbocycles. The molecule has 3 nitrogen and oxygen atoms in total. The van der Waals surface area contributed by atoms with Crippen LogP contribution < -0.4 is 5.32 Å². The van der Waals surface area contributed by atoms with Crippen molar-refractivity contribution in [2.45, 2.75) is 32.9 Å². The van der Waals surface area contributed by atoms with Gasteiger partial charge >= 0.3 is 5.97 Å². The third kappa shape index (κ3) is 3.72. The van der Waals surface area contributed by atoms with Crippen molar-refractivity contribution in [1.82, 2.24) is 5.32 Å². The fourth-order valence-corrected chi connectivity index (χ4v) is 1.47. The Morgan fingerprint density at radius 1 is 1.53 bits per heavy atom. The highest BCUT2D eigenvalue weighted by Gasteiger charge is 2.13.